The molecule has 0 bridgehead atoms. The van der Waals surface area contributed by atoms with Gasteiger partial charge in [0.1, 0.15) is 16.3 Å². The number of pyridine rings is 2. The number of hydrogen-bond acceptors (Lipinski definition) is 8. The van der Waals surface area contributed by atoms with E-state index in [0.717, 1.165) is 22.5 Å². The van der Waals surface area contributed by atoms with Crippen LogP contribution in [0.1, 0.15) is 64.1 Å². The summed E-state index contributed by atoms with van der Waals surface area (Å²) in [4.78, 5) is 34.0. The van der Waals surface area contributed by atoms with Crippen molar-refractivity contribution in [3.63, 3.8) is 0 Å². The molecule has 10 nitrogen and oxygen atoms in total. The molecule has 0 fully saturated rings. The number of nitrogens with one attached hydrogen (secondary N) is 1. The van der Waals surface area contributed by atoms with Crippen LogP contribution in [0.5, 0.6) is 0 Å². The van der Waals surface area contributed by atoms with Crippen LogP contribution in [0.2, 0.25) is 5.15 Å². The summed E-state index contributed by atoms with van der Waals surface area (Å²) in [5.74, 6) is 0.620. The summed E-state index contributed by atoms with van der Waals surface area (Å²) in [5.41, 5.74) is 5.70. The molecule has 0 unspecified atom stereocenters. The number of aromatic amines is 1. The van der Waals surface area contributed by atoms with Gasteiger partial charge in [0, 0.05) is 18.1 Å². The lowest BCUT2D eigenvalue weighted by Gasteiger charge is -2.19. The van der Waals surface area contributed by atoms with Gasteiger partial charge >= 0.3 is 0 Å². The summed E-state index contributed by atoms with van der Waals surface area (Å²) in [5, 5.41) is 13.2. The second-order valence-electron chi connectivity index (χ2n) is 14.4. The number of hydrogen-bond donors (Lipinski definition) is 1. The Morgan fingerprint density at radius 3 is 1.67 bits per heavy atom. The lowest BCUT2D eigenvalue weighted by Crippen LogP contribution is -2.12. The fourth-order valence-corrected chi connectivity index (χ4v) is 5.51. The summed E-state index contributed by atoms with van der Waals surface area (Å²) in [6.07, 6.45) is 3.56. The van der Waals surface area contributed by atoms with Crippen molar-refractivity contribution < 1.29 is 8.83 Å². The average molecular weight is 703 g/mol. The van der Waals surface area contributed by atoms with E-state index in [1.165, 1.54) is 0 Å². The normalized spacial score (nSPS) is 11.8. The van der Waals surface area contributed by atoms with E-state index in [1.807, 2.05) is 68.6 Å². The van der Waals surface area contributed by atoms with Gasteiger partial charge in [0.25, 0.3) is 0 Å². The van der Waals surface area contributed by atoms with E-state index in [1.54, 1.807) is 35.1 Å². The Morgan fingerprint density at radius 1 is 0.667 bits per heavy atom. The van der Waals surface area contributed by atoms with E-state index in [4.69, 9.17) is 20.4 Å². The van der Waals surface area contributed by atoms with Crippen LogP contribution in [-0.4, -0.2) is 29.9 Å². The Bertz CT molecular complexity index is 2640. The lowest BCUT2D eigenvalue weighted by molar-refractivity contribution is 0.589. The zero-order chi connectivity index (χ0) is 36.7. The first-order valence-corrected chi connectivity index (χ1v) is 16.9. The van der Waals surface area contributed by atoms with E-state index in [-0.39, 0.29) is 27.4 Å². The van der Waals surface area contributed by atoms with Gasteiger partial charge in [0.2, 0.25) is 22.3 Å². The minimum absolute atomic E-state index is 0.0200. The van der Waals surface area contributed by atoms with Gasteiger partial charge in [0.05, 0.1) is 27.2 Å². The standard InChI is InChI=1S/C20H19N3O2.C16H14ClNO2.C4H6N2/c1-12-9-10-23(22-12)17-8-6-14-18(24)15-11-13(20(2,3)4)5-7-16(15)25-19(14)21-17;1-16(2,3)9-4-6-12-11(8-9)14(19)10-5-7-13(17)18-15(10)20-12;1-4-2-3-5-6-4/h5-11H,1-4H3;4-8H,1-3H3;2-3H,1H3,(H,5,6). The first-order chi connectivity index (χ1) is 24.1. The van der Waals surface area contributed by atoms with Crippen molar-refractivity contribution in [1.29, 1.82) is 0 Å². The zero-order valence-electron chi connectivity index (χ0n) is 29.8. The summed E-state index contributed by atoms with van der Waals surface area (Å²) < 4.78 is 13.3. The van der Waals surface area contributed by atoms with Crippen LogP contribution in [0, 0.1) is 13.8 Å². The van der Waals surface area contributed by atoms with Gasteiger partial charge in [-0.25, -0.2) is 9.67 Å². The van der Waals surface area contributed by atoms with Crippen molar-refractivity contribution in [3.8, 4) is 5.82 Å². The lowest BCUT2D eigenvalue weighted by atomic mass is 9.86. The highest BCUT2D eigenvalue weighted by Gasteiger charge is 2.18. The molecule has 1 N–H and O–H groups in total. The highest BCUT2D eigenvalue weighted by molar-refractivity contribution is 6.29. The summed E-state index contributed by atoms with van der Waals surface area (Å²) in [7, 11) is 0. The molecule has 6 heterocycles. The van der Waals surface area contributed by atoms with E-state index in [0.29, 0.717) is 49.4 Å². The third-order valence-electron chi connectivity index (χ3n) is 8.35. The smallest absolute Gasteiger partial charge is 0.232 e. The van der Waals surface area contributed by atoms with Crippen LogP contribution in [-0.2, 0) is 10.8 Å². The second kappa shape index (κ2) is 13.6. The molecule has 0 saturated heterocycles. The Labute approximate surface area is 299 Å². The molecule has 11 heteroatoms. The van der Waals surface area contributed by atoms with Gasteiger partial charge in [-0.05, 0) is 96.5 Å². The van der Waals surface area contributed by atoms with Crippen LogP contribution in [0.25, 0.3) is 50.0 Å². The monoisotopic (exact) mass is 702 g/mol. The van der Waals surface area contributed by atoms with E-state index < -0.39 is 0 Å². The molecule has 8 rings (SSSR count). The Kier molecular flexibility index (Phi) is 9.39. The van der Waals surface area contributed by atoms with Crippen LogP contribution in [0.4, 0.5) is 0 Å². The largest absolute Gasteiger partial charge is 0.437 e. The third-order valence-corrected chi connectivity index (χ3v) is 8.56. The zero-order valence-corrected chi connectivity index (χ0v) is 30.6. The molecule has 0 spiro atoms. The fraction of sp³-hybridized carbons (Fsp3) is 0.250. The molecule has 0 aliphatic carbocycles. The third kappa shape index (κ3) is 7.61. The highest BCUT2D eigenvalue weighted by atomic mass is 35.5. The number of H-pyrrole nitrogens is 1. The molecule has 0 atom stereocenters. The molecular formula is C40H39ClN6O4. The van der Waals surface area contributed by atoms with Crippen LogP contribution in [0.3, 0.4) is 0 Å². The van der Waals surface area contributed by atoms with Crippen molar-refractivity contribution >= 4 is 55.7 Å². The van der Waals surface area contributed by atoms with Gasteiger partial charge in [-0.15, -0.1) is 0 Å². The highest BCUT2D eigenvalue weighted by Crippen LogP contribution is 2.28. The van der Waals surface area contributed by atoms with Crippen molar-refractivity contribution in [1.82, 2.24) is 29.9 Å². The topological polar surface area (TPSA) is 133 Å². The minimum atomic E-state index is -0.0727. The van der Waals surface area contributed by atoms with E-state index >= 15 is 0 Å². The van der Waals surface area contributed by atoms with Gasteiger partial charge in [-0.1, -0.05) is 65.3 Å². The van der Waals surface area contributed by atoms with Gasteiger partial charge in [-0.3, -0.25) is 14.7 Å². The number of nitrogens with zero attached hydrogens (tertiary/aromatic N) is 5. The van der Waals surface area contributed by atoms with E-state index in [9.17, 15) is 9.59 Å². The number of aromatic nitrogens is 6. The number of benzene rings is 2. The van der Waals surface area contributed by atoms with Gasteiger partial charge in [0.15, 0.2) is 5.82 Å². The van der Waals surface area contributed by atoms with Crippen molar-refractivity contribution in [2.75, 3.05) is 0 Å². The minimum Gasteiger partial charge on any atom is -0.437 e. The maximum Gasteiger partial charge on any atom is 0.232 e. The average Bonchev–Trinajstić information content (AvgIpc) is 3.75. The molecule has 0 radical (unpaired) electrons. The number of halogens is 1. The predicted molar refractivity (Wildman–Crippen MR) is 203 cm³/mol. The van der Waals surface area contributed by atoms with Crippen LogP contribution in [0.15, 0.2) is 104 Å². The molecule has 260 valence electrons. The maximum absolute atomic E-state index is 12.9. The molecule has 0 amide bonds. The molecule has 8 aromatic rings. The molecular weight excluding hydrogens is 664 g/mol. The Morgan fingerprint density at radius 2 is 1.22 bits per heavy atom. The number of aryl methyl sites for hydroxylation is 2. The predicted octanol–water partition coefficient (Wildman–Crippen LogP) is 9.14. The summed E-state index contributed by atoms with van der Waals surface area (Å²) >= 11 is 5.83. The van der Waals surface area contributed by atoms with Crippen LogP contribution < -0.4 is 10.9 Å². The van der Waals surface area contributed by atoms with Crippen molar-refractivity contribution in [2.45, 2.75) is 66.2 Å². The van der Waals surface area contributed by atoms with Gasteiger partial charge < -0.3 is 8.83 Å². The summed E-state index contributed by atoms with van der Waals surface area (Å²) in [6, 6.07) is 22.1. The Hall–Kier alpha value is -5.61. The summed E-state index contributed by atoms with van der Waals surface area (Å²) in [6.45, 7) is 16.6. The molecule has 6 aromatic heterocycles. The quantitative estimate of drug-likeness (QED) is 0.132. The Balaban J connectivity index is 0.000000154. The molecule has 2 aromatic carbocycles. The first kappa shape index (κ1) is 35.2. The van der Waals surface area contributed by atoms with E-state index in [2.05, 4.69) is 66.8 Å². The van der Waals surface area contributed by atoms with Crippen molar-refractivity contribution in [2.24, 2.45) is 0 Å². The number of rotatable bonds is 1. The molecule has 0 saturated carbocycles. The fourth-order valence-electron chi connectivity index (χ4n) is 5.37. The van der Waals surface area contributed by atoms with Crippen LogP contribution >= 0.6 is 11.6 Å². The number of fused-ring (bicyclic) bond motifs is 4. The molecule has 0 aliphatic heterocycles. The van der Waals surface area contributed by atoms with Gasteiger partial charge in [-0.2, -0.15) is 15.2 Å². The molecule has 0 aliphatic rings. The molecule has 51 heavy (non-hydrogen) atoms. The maximum atomic E-state index is 12.9. The SMILES string of the molecule is CC(C)(C)c1ccc2oc3nc(Cl)ccc3c(=O)c2c1.Cc1ccn(-c2ccc3c(=O)c4cc(C(C)(C)C)ccc4oc3n2)n1.Cc1ccn[nH]1. The van der Waals surface area contributed by atoms with Crippen molar-refractivity contribution in [3.05, 3.63) is 133 Å². The first-order valence-electron chi connectivity index (χ1n) is 16.5. The second-order valence-corrected chi connectivity index (χ2v) is 14.8.